The van der Waals surface area contributed by atoms with Gasteiger partial charge in [-0.2, -0.15) is 0 Å². The maximum Gasteiger partial charge on any atom is 0.234 e. The summed E-state index contributed by atoms with van der Waals surface area (Å²) < 4.78 is 7.10. The van der Waals surface area contributed by atoms with Crippen LogP contribution in [-0.4, -0.2) is 38.5 Å². The summed E-state index contributed by atoms with van der Waals surface area (Å²) in [6.45, 7) is 0. The highest BCUT2D eigenvalue weighted by Crippen LogP contribution is 2.31. The van der Waals surface area contributed by atoms with Crippen molar-refractivity contribution >= 4 is 46.6 Å². The van der Waals surface area contributed by atoms with Gasteiger partial charge in [-0.05, 0) is 42.5 Å². The van der Waals surface area contributed by atoms with Gasteiger partial charge in [-0.3, -0.25) is 14.3 Å². The van der Waals surface area contributed by atoms with Crippen molar-refractivity contribution in [2.45, 2.75) is 5.16 Å². The van der Waals surface area contributed by atoms with E-state index in [1.165, 1.54) is 11.8 Å². The zero-order valence-electron chi connectivity index (χ0n) is 16.8. The van der Waals surface area contributed by atoms with Gasteiger partial charge < -0.3 is 10.1 Å². The Morgan fingerprint density at radius 2 is 1.94 bits per heavy atom. The smallest absolute Gasteiger partial charge is 0.234 e. The molecule has 10 heteroatoms. The second-order valence-electron chi connectivity index (χ2n) is 6.52. The first kappa shape index (κ1) is 22.1. The number of halogens is 2. The summed E-state index contributed by atoms with van der Waals surface area (Å²) in [5.41, 5.74) is 2.09. The Hall–Kier alpha value is -3.07. The number of nitrogens with zero attached hydrogens (tertiary/aromatic N) is 4. The topological polar surface area (TPSA) is 81.9 Å². The van der Waals surface area contributed by atoms with E-state index in [2.05, 4.69) is 20.5 Å². The molecule has 0 spiro atoms. The fourth-order valence-corrected chi connectivity index (χ4v) is 4.01. The SMILES string of the molecule is COc1ccccc1NC(=O)CSc1nnc(-c2cccnc2)n1-c1ccc(Cl)c(Cl)c1. The van der Waals surface area contributed by atoms with E-state index in [0.29, 0.717) is 32.5 Å². The molecule has 32 heavy (non-hydrogen) atoms. The molecule has 0 radical (unpaired) electrons. The van der Waals surface area contributed by atoms with Crippen LogP contribution in [-0.2, 0) is 4.79 Å². The fraction of sp³-hybridized carbons (Fsp3) is 0.0909. The minimum absolute atomic E-state index is 0.116. The number of amides is 1. The van der Waals surface area contributed by atoms with Gasteiger partial charge in [-0.1, -0.05) is 47.1 Å². The molecule has 0 atom stereocenters. The van der Waals surface area contributed by atoms with Crippen LogP contribution < -0.4 is 10.1 Å². The van der Waals surface area contributed by atoms with E-state index in [-0.39, 0.29) is 11.7 Å². The molecule has 0 saturated carbocycles. The van der Waals surface area contributed by atoms with Crippen LogP contribution in [0.2, 0.25) is 10.0 Å². The second-order valence-corrected chi connectivity index (χ2v) is 8.28. The molecule has 4 rings (SSSR count). The Morgan fingerprint density at radius 3 is 2.69 bits per heavy atom. The normalized spacial score (nSPS) is 10.7. The van der Waals surface area contributed by atoms with E-state index < -0.39 is 0 Å². The van der Waals surface area contributed by atoms with Crippen LogP contribution in [0, 0.1) is 0 Å². The Labute approximate surface area is 198 Å². The lowest BCUT2D eigenvalue weighted by Gasteiger charge is -2.12. The monoisotopic (exact) mass is 485 g/mol. The Morgan fingerprint density at radius 1 is 1.09 bits per heavy atom. The summed E-state index contributed by atoms with van der Waals surface area (Å²) in [6.07, 6.45) is 3.38. The van der Waals surface area contributed by atoms with E-state index in [1.54, 1.807) is 43.8 Å². The van der Waals surface area contributed by atoms with Gasteiger partial charge in [0.15, 0.2) is 11.0 Å². The van der Waals surface area contributed by atoms with Crippen LogP contribution in [0.1, 0.15) is 0 Å². The summed E-state index contributed by atoms with van der Waals surface area (Å²) in [6, 6.07) is 16.2. The van der Waals surface area contributed by atoms with Crippen molar-refractivity contribution in [2.24, 2.45) is 0 Å². The van der Waals surface area contributed by atoms with Crippen molar-refractivity contribution in [3.05, 3.63) is 77.0 Å². The number of hydrogen-bond donors (Lipinski definition) is 1. The zero-order chi connectivity index (χ0) is 22.5. The lowest BCUT2D eigenvalue weighted by molar-refractivity contribution is -0.113. The van der Waals surface area contributed by atoms with Crippen LogP contribution >= 0.6 is 35.0 Å². The van der Waals surface area contributed by atoms with Crippen LogP contribution in [0.5, 0.6) is 5.75 Å². The highest BCUT2D eigenvalue weighted by atomic mass is 35.5. The third kappa shape index (κ3) is 4.88. The summed E-state index contributed by atoms with van der Waals surface area (Å²) in [5.74, 6) is 1.07. The minimum Gasteiger partial charge on any atom is -0.495 e. The number of methoxy groups -OCH3 is 1. The third-order valence-electron chi connectivity index (χ3n) is 4.43. The zero-order valence-corrected chi connectivity index (χ0v) is 19.2. The van der Waals surface area contributed by atoms with Gasteiger partial charge in [0, 0.05) is 18.0 Å². The number of thioether (sulfide) groups is 1. The van der Waals surface area contributed by atoms with E-state index in [0.717, 1.165) is 11.3 Å². The molecule has 1 amide bonds. The molecule has 0 aliphatic carbocycles. The molecule has 0 fully saturated rings. The number of nitrogens with one attached hydrogen (secondary N) is 1. The molecule has 2 aromatic carbocycles. The molecule has 4 aromatic rings. The van der Waals surface area contributed by atoms with Gasteiger partial charge in [-0.25, -0.2) is 0 Å². The Bertz CT molecular complexity index is 1250. The van der Waals surface area contributed by atoms with Crippen molar-refractivity contribution in [3.8, 4) is 22.8 Å². The number of aromatic nitrogens is 4. The summed E-state index contributed by atoms with van der Waals surface area (Å²) in [5, 5.41) is 12.9. The first-order valence-electron chi connectivity index (χ1n) is 9.43. The quantitative estimate of drug-likeness (QED) is 0.354. The predicted octanol–water partition coefficient (Wildman–Crippen LogP) is 5.38. The summed E-state index contributed by atoms with van der Waals surface area (Å²) in [7, 11) is 1.55. The van der Waals surface area contributed by atoms with Crippen LogP contribution in [0.4, 0.5) is 5.69 Å². The number of pyridine rings is 1. The first-order valence-corrected chi connectivity index (χ1v) is 11.2. The van der Waals surface area contributed by atoms with Gasteiger partial charge in [0.25, 0.3) is 0 Å². The maximum atomic E-state index is 12.6. The van der Waals surface area contributed by atoms with Gasteiger partial charge in [-0.15, -0.1) is 10.2 Å². The number of carbonyl (C=O) groups is 1. The summed E-state index contributed by atoms with van der Waals surface area (Å²) >= 11 is 13.6. The van der Waals surface area contributed by atoms with Gasteiger partial charge in [0.05, 0.1) is 34.3 Å². The molecule has 1 N–H and O–H groups in total. The van der Waals surface area contributed by atoms with E-state index in [4.69, 9.17) is 27.9 Å². The molecule has 2 aromatic heterocycles. The number of para-hydroxylation sites is 2. The second kappa shape index (κ2) is 10.0. The maximum absolute atomic E-state index is 12.6. The standard InChI is InChI=1S/C22H17Cl2N5O2S/c1-31-19-7-3-2-6-18(19)26-20(30)13-32-22-28-27-21(14-5-4-10-25-12-14)29(22)15-8-9-16(23)17(24)11-15/h2-12H,13H2,1H3,(H,26,30). The molecule has 0 bridgehead atoms. The van der Waals surface area contributed by atoms with E-state index >= 15 is 0 Å². The lowest BCUT2D eigenvalue weighted by Crippen LogP contribution is -2.15. The van der Waals surface area contributed by atoms with Crippen molar-refractivity contribution < 1.29 is 9.53 Å². The highest BCUT2D eigenvalue weighted by Gasteiger charge is 2.18. The molecule has 0 aliphatic heterocycles. The number of ether oxygens (including phenoxy) is 1. The van der Waals surface area contributed by atoms with E-state index in [1.807, 2.05) is 34.9 Å². The van der Waals surface area contributed by atoms with Crippen LogP contribution in [0.25, 0.3) is 17.1 Å². The number of rotatable bonds is 7. The number of hydrogen-bond acceptors (Lipinski definition) is 6. The number of anilines is 1. The first-order chi connectivity index (χ1) is 15.6. The molecule has 162 valence electrons. The van der Waals surface area contributed by atoms with Crippen LogP contribution in [0.15, 0.2) is 72.1 Å². The molecular weight excluding hydrogens is 469 g/mol. The largest absolute Gasteiger partial charge is 0.495 e. The van der Waals surface area contributed by atoms with Crippen molar-refractivity contribution in [1.82, 2.24) is 19.7 Å². The van der Waals surface area contributed by atoms with Gasteiger partial charge in [0.1, 0.15) is 5.75 Å². The number of carbonyl (C=O) groups excluding carboxylic acids is 1. The van der Waals surface area contributed by atoms with E-state index in [9.17, 15) is 4.79 Å². The molecule has 0 aliphatic rings. The van der Waals surface area contributed by atoms with Crippen molar-refractivity contribution in [1.29, 1.82) is 0 Å². The van der Waals surface area contributed by atoms with Gasteiger partial charge >= 0.3 is 0 Å². The van der Waals surface area contributed by atoms with Gasteiger partial charge in [0.2, 0.25) is 5.91 Å². The van der Waals surface area contributed by atoms with Crippen molar-refractivity contribution in [3.63, 3.8) is 0 Å². The van der Waals surface area contributed by atoms with Crippen molar-refractivity contribution in [2.75, 3.05) is 18.2 Å². The Balaban J connectivity index is 1.62. The lowest BCUT2D eigenvalue weighted by atomic mass is 10.2. The minimum atomic E-state index is -0.203. The number of benzene rings is 2. The molecule has 7 nitrogen and oxygen atoms in total. The average molecular weight is 486 g/mol. The predicted molar refractivity (Wildman–Crippen MR) is 127 cm³/mol. The highest BCUT2D eigenvalue weighted by molar-refractivity contribution is 7.99. The molecule has 2 heterocycles. The summed E-state index contributed by atoms with van der Waals surface area (Å²) in [4.78, 5) is 16.7. The Kier molecular flexibility index (Phi) is 6.94. The fourth-order valence-electron chi connectivity index (χ4n) is 2.97. The molecular formula is C22H17Cl2N5O2S. The van der Waals surface area contributed by atoms with Crippen LogP contribution in [0.3, 0.4) is 0 Å². The average Bonchev–Trinajstić information content (AvgIpc) is 3.24. The molecule has 0 saturated heterocycles. The third-order valence-corrected chi connectivity index (χ3v) is 6.10. The molecule has 0 unspecified atom stereocenters.